The summed E-state index contributed by atoms with van der Waals surface area (Å²) >= 11 is 0. The smallest absolute Gasteiger partial charge is 0.158 e. The first kappa shape index (κ1) is 20.3. The maximum Gasteiger partial charge on any atom is 0.158 e. The summed E-state index contributed by atoms with van der Waals surface area (Å²) in [6, 6.07) is 19.6. The van der Waals surface area contributed by atoms with Gasteiger partial charge in [-0.05, 0) is 31.2 Å². The highest BCUT2D eigenvalue weighted by Gasteiger charge is 2.33. The molecular weight excluding hydrogens is 412 g/mol. The third-order valence-electron chi connectivity index (χ3n) is 6.89. The van der Waals surface area contributed by atoms with Crippen LogP contribution in [0.1, 0.15) is 29.6 Å². The van der Waals surface area contributed by atoms with Crippen molar-refractivity contribution in [3.8, 4) is 11.3 Å². The minimum atomic E-state index is 0.379. The van der Waals surface area contributed by atoms with Gasteiger partial charge < -0.3 is 9.64 Å². The van der Waals surface area contributed by atoms with Crippen LogP contribution in [0, 0.1) is 0 Å². The summed E-state index contributed by atoms with van der Waals surface area (Å²) in [7, 11) is 2.22. The van der Waals surface area contributed by atoms with Gasteiger partial charge in [-0.2, -0.15) is 9.61 Å². The predicted octanol–water partition coefficient (Wildman–Crippen LogP) is 3.79. The number of morpholine rings is 1. The molecule has 0 spiro atoms. The Balaban J connectivity index is 1.40. The average Bonchev–Trinajstić information content (AvgIpc) is 3.49. The van der Waals surface area contributed by atoms with Crippen molar-refractivity contribution in [2.45, 2.75) is 18.4 Å². The van der Waals surface area contributed by atoms with Crippen molar-refractivity contribution in [3.05, 3.63) is 78.2 Å². The maximum absolute atomic E-state index is 5.61. The number of anilines is 1. The number of aromatic nitrogens is 4. The molecule has 6 rings (SSSR count). The van der Waals surface area contributed by atoms with Gasteiger partial charge in [0, 0.05) is 61.7 Å². The number of benzene rings is 1. The number of likely N-dealkylation sites (N-methyl/N-ethyl adjacent to an activating group) is 1. The molecular formula is C26H28N6O. The first-order chi connectivity index (χ1) is 16.3. The summed E-state index contributed by atoms with van der Waals surface area (Å²) in [6.45, 7) is 4.19. The number of rotatable bonds is 4. The van der Waals surface area contributed by atoms with Gasteiger partial charge >= 0.3 is 0 Å². The molecule has 5 heterocycles. The summed E-state index contributed by atoms with van der Waals surface area (Å²) in [4.78, 5) is 14.1. The third kappa shape index (κ3) is 3.87. The number of hydrogen-bond donors (Lipinski definition) is 0. The largest absolute Gasteiger partial charge is 0.378 e. The minimum absolute atomic E-state index is 0.379. The molecule has 33 heavy (non-hydrogen) atoms. The van der Waals surface area contributed by atoms with Gasteiger partial charge in [0.25, 0.3) is 0 Å². The Morgan fingerprint density at radius 1 is 0.970 bits per heavy atom. The van der Waals surface area contributed by atoms with Gasteiger partial charge in [-0.1, -0.05) is 30.3 Å². The van der Waals surface area contributed by atoms with Crippen LogP contribution in [0.4, 0.5) is 5.82 Å². The predicted molar refractivity (Wildman–Crippen MR) is 128 cm³/mol. The molecule has 168 valence electrons. The van der Waals surface area contributed by atoms with Crippen LogP contribution in [-0.4, -0.2) is 64.4 Å². The Kier molecular flexibility index (Phi) is 5.28. The quantitative estimate of drug-likeness (QED) is 0.481. The van der Waals surface area contributed by atoms with Gasteiger partial charge in [0.05, 0.1) is 24.6 Å². The van der Waals surface area contributed by atoms with Crippen molar-refractivity contribution < 1.29 is 4.74 Å². The zero-order valence-corrected chi connectivity index (χ0v) is 18.8. The van der Waals surface area contributed by atoms with E-state index in [2.05, 4.69) is 64.3 Å². The van der Waals surface area contributed by atoms with Crippen LogP contribution in [-0.2, 0) is 4.74 Å². The second kappa shape index (κ2) is 8.57. The number of hydrogen-bond acceptors (Lipinski definition) is 6. The monoisotopic (exact) mass is 440 g/mol. The zero-order valence-electron chi connectivity index (χ0n) is 18.8. The van der Waals surface area contributed by atoms with Gasteiger partial charge in [0.15, 0.2) is 5.65 Å². The maximum atomic E-state index is 5.61. The molecule has 0 bridgehead atoms. The molecule has 0 aliphatic carbocycles. The highest BCUT2D eigenvalue weighted by atomic mass is 16.5. The molecule has 2 aliphatic heterocycles. The molecule has 0 radical (unpaired) electrons. The molecule has 7 nitrogen and oxygen atoms in total. The summed E-state index contributed by atoms with van der Waals surface area (Å²) < 4.78 is 7.61. The van der Waals surface area contributed by atoms with Crippen LogP contribution in [0.5, 0.6) is 0 Å². The molecule has 0 N–H and O–H groups in total. The molecule has 4 aromatic rings. The molecule has 2 saturated heterocycles. The van der Waals surface area contributed by atoms with Gasteiger partial charge in [0.2, 0.25) is 0 Å². The van der Waals surface area contributed by atoms with E-state index < -0.39 is 0 Å². The molecule has 3 aromatic heterocycles. The molecule has 2 unspecified atom stereocenters. The van der Waals surface area contributed by atoms with Crippen LogP contribution in [0.15, 0.2) is 67.0 Å². The molecule has 2 atom stereocenters. The van der Waals surface area contributed by atoms with Crippen molar-refractivity contribution >= 4 is 11.5 Å². The Labute approximate surface area is 193 Å². The lowest BCUT2D eigenvalue weighted by Gasteiger charge is -2.29. The van der Waals surface area contributed by atoms with Crippen LogP contribution >= 0.6 is 0 Å². The standard InChI is InChI=1S/C26H28N6O/c1-30-18-21(15-24(30)20-5-3-2-4-6-20)22-17-26(31-11-13-33-14-12-31)32-25(28-22)16-23(29-32)19-7-9-27-10-8-19/h2-10,16-17,21,24H,11-15,18H2,1H3. The molecule has 2 aliphatic rings. The van der Waals surface area contributed by atoms with Crippen LogP contribution in [0.25, 0.3) is 16.9 Å². The minimum Gasteiger partial charge on any atom is -0.378 e. The van der Waals surface area contributed by atoms with Crippen molar-refractivity contribution in [2.24, 2.45) is 0 Å². The van der Waals surface area contributed by atoms with E-state index in [-0.39, 0.29) is 0 Å². The number of ether oxygens (including phenoxy) is 1. The van der Waals surface area contributed by atoms with E-state index in [0.717, 1.165) is 67.7 Å². The Bertz CT molecular complexity index is 1240. The van der Waals surface area contributed by atoms with Crippen molar-refractivity contribution in [1.29, 1.82) is 0 Å². The fourth-order valence-electron chi connectivity index (χ4n) is 5.15. The number of likely N-dealkylation sites (tertiary alicyclic amines) is 1. The van der Waals surface area contributed by atoms with Gasteiger partial charge in [-0.3, -0.25) is 9.88 Å². The van der Waals surface area contributed by atoms with Crippen molar-refractivity contribution in [1.82, 2.24) is 24.5 Å². The fraction of sp³-hybridized carbons (Fsp3) is 0.346. The van der Waals surface area contributed by atoms with Crippen LogP contribution in [0.3, 0.4) is 0 Å². The van der Waals surface area contributed by atoms with E-state index in [1.165, 1.54) is 5.56 Å². The van der Waals surface area contributed by atoms with E-state index in [9.17, 15) is 0 Å². The van der Waals surface area contributed by atoms with E-state index in [1.54, 1.807) is 12.4 Å². The fourth-order valence-corrected chi connectivity index (χ4v) is 5.15. The van der Waals surface area contributed by atoms with Gasteiger partial charge in [0.1, 0.15) is 5.82 Å². The number of pyridine rings is 1. The first-order valence-corrected chi connectivity index (χ1v) is 11.7. The Morgan fingerprint density at radius 3 is 2.55 bits per heavy atom. The topological polar surface area (TPSA) is 58.8 Å². The third-order valence-corrected chi connectivity index (χ3v) is 6.89. The second-order valence-electron chi connectivity index (χ2n) is 8.97. The normalized spacial score (nSPS) is 21.7. The number of fused-ring (bicyclic) bond motifs is 1. The van der Waals surface area contributed by atoms with E-state index in [4.69, 9.17) is 14.8 Å². The van der Waals surface area contributed by atoms with E-state index in [0.29, 0.717) is 12.0 Å². The molecule has 1 aromatic carbocycles. The number of nitrogens with zero attached hydrogens (tertiary/aromatic N) is 6. The molecule has 0 amide bonds. The van der Waals surface area contributed by atoms with Crippen LogP contribution in [0.2, 0.25) is 0 Å². The SMILES string of the molecule is CN1CC(c2cc(N3CCOCC3)n3nc(-c4ccncc4)cc3n2)CC1c1ccccc1. The average molecular weight is 441 g/mol. The highest BCUT2D eigenvalue weighted by molar-refractivity contribution is 5.65. The zero-order chi connectivity index (χ0) is 22.2. The first-order valence-electron chi connectivity index (χ1n) is 11.7. The van der Waals surface area contributed by atoms with Gasteiger partial charge in [-0.15, -0.1) is 0 Å². The van der Waals surface area contributed by atoms with Gasteiger partial charge in [-0.25, -0.2) is 4.98 Å². The Hall–Kier alpha value is -3.29. The lowest BCUT2D eigenvalue weighted by molar-refractivity contribution is 0.122. The van der Waals surface area contributed by atoms with E-state index in [1.807, 2.05) is 16.6 Å². The lowest BCUT2D eigenvalue weighted by Crippen LogP contribution is -2.37. The Morgan fingerprint density at radius 2 is 1.76 bits per heavy atom. The van der Waals surface area contributed by atoms with Crippen LogP contribution < -0.4 is 4.90 Å². The molecule has 7 heteroatoms. The van der Waals surface area contributed by atoms with Crippen molar-refractivity contribution in [2.75, 3.05) is 44.8 Å². The summed E-state index contributed by atoms with van der Waals surface area (Å²) in [5.41, 5.74) is 5.39. The molecule has 2 fully saturated rings. The van der Waals surface area contributed by atoms with Crippen molar-refractivity contribution in [3.63, 3.8) is 0 Å². The second-order valence-corrected chi connectivity index (χ2v) is 8.97. The summed E-state index contributed by atoms with van der Waals surface area (Å²) in [5, 5.41) is 4.94. The summed E-state index contributed by atoms with van der Waals surface area (Å²) in [6.07, 6.45) is 4.68. The van der Waals surface area contributed by atoms with E-state index >= 15 is 0 Å². The highest BCUT2D eigenvalue weighted by Crippen LogP contribution is 2.40. The lowest BCUT2D eigenvalue weighted by atomic mass is 9.97. The molecule has 0 saturated carbocycles. The summed E-state index contributed by atoms with van der Waals surface area (Å²) in [5.74, 6) is 1.48.